The lowest BCUT2D eigenvalue weighted by Gasteiger charge is -2.38. The van der Waals surface area contributed by atoms with Gasteiger partial charge in [0, 0.05) is 25.2 Å². The second-order valence-electron chi connectivity index (χ2n) is 5.58. The predicted molar refractivity (Wildman–Crippen MR) is 69.3 cm³/mol. The van der Waals surface area contributed by atoms with E-state index in [0.717, 1.165) is 38.4 Å². The molecule has 3 nitrogen and oxygen atoms in total. The Hall–Kier alpha value is -0.120. The van der Waals surface area contributed by atoms with Crippen molar-refractivity contribution in [3.05, 3.63) is 0 Å². The molecule has 0 aromatic carbocycles. The summed E-state index contributed by atoms with van der Waals surface area (Å²) in [5, 5.41) is 0. The number of rotatable bonds is 5. The molecular formula is C14H27NO2. The van der Waals surface area contributed by atoms with Crippen molar-refractivity contribution in [1.82, 2.24) is 4.90 Å². The van der Waals surface area contributed by atoms with E-state index in [2.05, 4.69) is 18.7 Å². The summed E-state index contributed by atoms with van der Waals surface area (Å²) in [4.78, 5) is 2.60. The van der Waals surface area contributed by atoms with Gasteiger partial charge in [-0.2, -0.15) is 0 Å². The molecule has 2 aliphatic heterocycles. The van der Waals surface area contributed by atoms with Gasteiger partial charge in [-0.1, -0.05) is 6.42 Å². The number of hydrogen-bond acceptors (Lipinski definition) is 3. The number of hydrogen-bond donors (Lipinski definition) is 0. The number of likely N-dealkylation sites (tertiary alicyclic amines) is 1. The van der Waals surface area contributed by atoms with Crippen LogP contribution in [0.25, 0.3) is 0 Å². The molecule has 17 heavy (non-hydrogen) atoms. The van der Waals surface area contributed by atoms with Crippen molar-refractivity contribution in [2.45, 2.75) is 64.1 Å². The standard InChI is InChI=1S/C14H27NO2/c1-12-5-3-6-13(2)15(12)8-10-16-11-14-7-4-9-17-14/h12-14H,3-11H2,1-2H3/t12-,13-,14-/m1/s1. The summed E-state index contributed by atoms with van der Waals surface area (Å²) >= 11 is 0. The summed E-state index contributed by atoms with van der Waals surface area (Å²) in [5.74, 6) is 0. The van der Waals surface area contributed by atoms with E-state index in [-0.39, 0.29) is 0 Å². The maximum atomic E-state index is 5.75. The molecule has 0 saturated carbocycles. The predicted octanol–water partition coefficient (Wildman–Crippen LogP) is 2.44. The van der Waals surface area contributed by atoms with Crippen molar-refractivity contribution in [1.29, 1.82) is 0 Å². The molecule has 0 aliphatic carbocycles. The van der Waals surface area contributed by atoms with Crippen LogP contribution in [0.5, 0.6) is 0 Å². The fourth-order valence-electron chi connectivity index (χ4n) is 3.08. The molecule has 0 aromatic heterocycles. The van der Waals surface area contributed by atoms with Gasteiger partial charge in [-0.05, 0) is 39.5 Å². The minimum Gasteiger partial charge on any atom is -0.377 e. The maximum absolute atomic E-state index is 5.75. The molecule has 100 valence electrons. The van der Waals surface area contributed by atoms with Crippen molar-refractivity contribution in [3.8, 4) is 0 Å². The Bertz CT molecular complexity index is 206. The molecule has 0 unspecified atom stereocenters. The molecule has 2 rings (SSSR count). The van der Waals surface area contributed by atoms with Crippen molar-refractivity contribution >= 4 is 0 Å². The van der Waals surface area contributed by atoms with Gasteiger partial charge >= 0.3 is 0 Å². The first-order chi connectivity index (χ1) is 8.27. The molecule has 0 spiro atoms. The molecule has 0 bridgehead atoms. The highest BCUT2D eigenvalue weighted by Crippen LogP contribution is 2.21. The highest BCUT2D eigenvalue weighted by atomic mass is 16.5. The van der Waals surface area contributed by atoms with Gasteiger partial charge in [-0.15, -0.1) is 0 Å². The molecule has 3 heteroatoms. The SMILES string of the molecule is C[C@@H]1CCC[C@@H](C)N1CCOC[C@H]1CCCO1. The Morgan fingerprint density at radius 2 is 1.88 bits per heavy atom. The van der Waals surface area contributed by atoms with Crippen LogP contribution in [0.4, 0.5) is 0 Å². The normalized spacial score (nSPS) is 35.3. The van der Waals surface area contributed by atoms with Gasteiger partial charge in [0.2, 0.25) is 0 Å². The lowest BCUT2D eigenvalue weighted by Crippen LogP contribution is -2.45. The lowest BCUT2D eigenvalue weighted by molar-refractivity contribution is -0.00184. The first-order valence-electron chi connectivity index (χ1n) is 7.22. The van der Waals surface area contributed by atoms with Gasteiger partial charge in [0.25, 0.3) is 0 Å². The van der Waals surface area contributed by atoms with Gasteiger partial charge in [0.15, 0.2) is 0 Å². The fraction of sp³-hybridized carbons (Fsp3) is 1.00. The average molecular weight is 241 g/mol. The zero-order valence-corrected chi connectivity index (χ0v) is 11.4. The van der Waals surface area contributed by atoms with Crippen LogP contribution in [-0.2, 0) is 9.47 Å². The summed E-state index contributed by atoms with van der Waals surface area (Å²) in [6.07, 6.45) is 6.82. The quantitative estimate of drug-likeness (QED) is 0.690. The van der Waals surface area contributed by atoms with Gasteiger partial charge < -0.3 is 9.47 Å². The largest absolute Gasteiger partial charge is 0.377 e. The van der Waals surface area contributed by atoms with Crippen molar-refractivity contribution < 1.29 is 9.47 Å². The Morgan fingerprint density at radius 3 is 2.53 bits per heavy atom. The third-order valence-corrected chi connectivity index (χ3v) is 4.20. The van der Waals surface area contributed by atoms with E-state index >= 15 is 0 Å². The van der Waals surface area contributed by atoms with Crippen LogP contribution in [0.2, 0.25) is 0 Å². The van der Waals surface area contributed by atoms with Crippen LogP contribution in [-0.4, -0.2) is 49.5 Å². The van der Waals surface area contributed by atoms with Crippen molar-refractivity contribution in [2.24, 2.45) is 0 Å². The summed E-state index contributed by atoms with van der Waals surface area (Å²) in [7, 11) is 0. The van der Waals surface area contributed by atoms with Crippen LogP contribution in [0.15, 0.2) is 0 Å². The van der Waals surface area contributed by atoms with Gasteiger partial charge in [-0.3, -0.25) is 4.90 Å². The Balaban J connectivity index is 1.59. The van der Waals surface area contributed by atoms with Crippen LogP contribution >= 0.6 is 0 Å². The molecule has 2 fully saturated rings. The molecule has 3 atom stereocenters. The van der Waals surface area contributed by atoms with Gasteiger partial charge in [0.05, 0.1) is 19.3 Å². The molecule has 2 saturated heterocycles. The zero-order valence-electron chi connectivity index (χ0n) is 11.4. The Labute approximate surface area is 105 Å². The minimum absolute atomic E-state index is 0.367. The van der Waals surface area contributed by atoms with Crippen LogP contribution < -0.4 is 0 Å². The average Bonchev–Trinajstić information content (AvgIpc) is 2.80. The first kappa shape index (κ1) is 13.3. The summed E-state index contributed by atoms with van der Waals surface area (Å²) in [6, 6.07) is 1.45. The third kappa shape index (κ3) is 3.94. The second-order valence-corrected chi connectivity index (χ2v) is 5.58. The highest BCUT2D eigenvalue weighted by Gasteiger charge is 2.24. The Morgan fingerprint density at radius 1 is 1.12 bits per heavy atom. The van der Waals surface area contributed by atoms with Crippen LogP contribution in [0.3, 0.4) is 0 Å². The molecular weight excluding hydrogens is 214 g/mol. The highest BCUT2D eigenvalue weighted by molar-refractivity contribution is 4.79. The van der Waals surface area contributed by atoms with E-state index in [0.29, 0.717) is 6.10 Å². The van der Waals surface area contributed by atoms with E-state index < -0.39 is 0 Å². The number of ether oxygens (including phenoxy) is 2. The van der Waals surface area contributed by atoms with Crippen LogP contribution in [0, 0.1) is 0 Å². The van der Waals surface area contributed by atoms with Crippen molar-refractivity contribution in [2.75, 3.05) is 26.4 Å². The number of piperidine rings is 1. The minimum atomic E-state index is 0.367. The first-order valence-corrected chi connectivity index (χ1v) is 7.22. The van der Waals surface area contributed by atoms with E-state index in [1.807, 2.05) is 0 Å². The molecule has 2 heterocycles. The molecule has 0 N–H and O–H groups in total. The molecule has 0 radical (unpaired) electrons. The summed E-state index contributed by atoms with van der Waals surface area (Å²) in [5.41, 5.74) is 0. The fourth-order valence-corrected chi connectivity index (χ4v) is 3.08. The van der Waals surface area contributed by atoms with Crippen molar-refractivity contribution in [3.63, 3.8) is 0 Å². The monoisotopic (exact) mass is 241 g/mol. The van der Waals surface area contributed by atoms with E-state index in [9.17, 15) is 0 Å². The lowest BCUT2D eigenvalue weighted by atomic mass is 9.98. The zero-order chi connectivity index (χ0) is 12.1. The third-order valence-electron chi connectivity index (χ3n) is 4.20. The maximum Gasteiger partial charge on any atom is 0.0809 e. The summed E-state index contributed by atoms with van der Waals surface area (Å²) in [6.45, 7) is 8.33. The molecule has 0 amide bonds. The Kier molecular flexibility index (Phi) is 5.26. The topological polar surface area (TPSA) is 21.7 Å². The van der Waals surface area contributed by atoms with Gasteiger partial charge in [-0.25, -0.2) is 0 Å². The smallest absolute Gasteiger partial charge is 0.0809 e. The van der Waals surface area contributed by atoms with Gasteiger partial charge in [0.1, 0.15) is 0 Å². The molecule has 0 aromatic rings. The second kappa shape index (κ2) is 6.72. The molecule has 2 aliphatic rings. The van der Waals surface area contributed by atoms with E-state index in [1.165, 1.54) is 32.1 Å². The summed E-state index contributed by atoms with van der Waals surface area (Å²) < 4.78 is 11.3. The van der Waals surface area contributed by atoms with E-state index in [4.69, 9.17) is 9.47 Å². The van der Waals surface area contributed by atoms with Crippen LogP contribution in [0.1, 0.15) is 46.0 Å². The number of nitrogens with zero attached hydrogens (tertiary/aromatic N) is 1. The van der Waals surface area contributed by atoms with E-state index in [1.54, 1.807) is 0 Å².